The number of carbonyl (C=O) groups is 5. The highest BCUT2D eigenvalue weighted by atomic mass is 16.4. The molecule has 0 aromatic carbocycles. The quantitative estimate of drug-likeness (QED) is 0.0446. The first-order valence-electron chi connectivity index (χ1n) is 11.9. The van der Waals surface area contributed by atoms with E-state index < -0.39 is 66.1 Å². The van der Waals surface area contributed by atoms with Crippen LogP contribution in [-0.4, -0.2) is 83.9 Å². The number of nitrogens with one attached hydrogen (secondary N) is 3. The molecular weight excluding hydrogens is 502 g/mol. The third kappa shape index (κ3) is 14.4. The Morgan fingerprint density at radius 3 is 1.66 bits per heavy atom. The molecule has 0 aliphatic heterocycles. The van der Waals surface area contributed by atoms with Gasteiger partial charge in [0.1, 0.15) is 18.1 Å². The maximum Gasteiger partial charge on any atom is 0.326 e. The lowest BCUT2D eigenvalue weighted by Gasteiger charge is -2.25. The molecule has 216 valence electrons. The summed E-state index contributed by atoms with van der Waals surface area (Å²) in [5.74, 6) is -5.37. The van der Waals surface area contributed by atoms with Gasteiger partial charge in [0.05, 0.1) is 12.5 Å². The van der Waals surface area contributed by atoms with Gasteiger partial charge in [-0.2, -0.15) is 0 Å². The summed E-state index contributed by atoms with van der Waals surface area (Å²) in [7, 11) is 0. The van der Waals surface area contributed by atoms with Crippen molar-refractivity contribution < 1.29 is 29.1 Å². The average Bonchev–Trinajstić information content (AvgIpc) is 2.80. The van der Waals surface area contributed by atoms with Gasteiger partial charge >= 0.3 is 5.97 Å². The zero-order chi connectivity index (χ0) is 29.4. The van der Waals surface area contributed by atoms with Gasteiger partial charge in [0, 0.05) is 13.1 Å². The summed E-state index contributed by atoms with van der Waals surface area (Å²) < 4.78 is 0. The van der Waals surface area contributed by atoms with Gasteiger partial charge in [-0.1, -0.05) is 13.8 Å². The van der Waals surface area contributed by atoms with Crippen LogP contribution in [-0.2, 0) is 24.0 Å². The first-order chi connectivity index (χ1) is 17.6. The minimum Gasteiger partial charge on any atom is -0.480 e. The lowest BCUT2D eigenvalue weighted by Crippen LogP contribution is -2.58. The third-order valence-corrected chi connectivity index (χ3v) is 5.15. The topological polar surface area (TPSA) is 323 Å². The van der Waals surface area contributed by atoms with Crippen LogP contribution >= 0.6 is 0 Å². The summed E-state index contributed by atoms with van der Waals surface area (Å²) in [5.41, 5.74) is 32.2. The fourth-order valence-electron chi connectivity index (χ4n) is 3.15. The Labute approximate surface area is 220 Å². The molecule has 16 N–H and O–H groups in total. The van der Waals surface area contributed by atoms with Crippen LogP contribution in [0.4, 0.5) is 0 Å². The summed E-state index contributed by atoms with van der Waals surface area (Å²) in [5, 5.41) is 16.5. The maximum absolute atomic E-state index is 13.1. The highest BCUT2D eigenvalue weighted by Crippen LogP contribution is 2.06. The number of aliphatic imine (C=N–C) groups is 2. The summed E-state index contributed by atoms with van der Waals surface area (Å²) >= 11 is 0. The second-order valence-corrected chi connectivity index (χ2v) is 8.87. The van der Waals surface area contributed by atoms with Gasteiger partial charge in [0.25, 0.3) is 0 Å². The molecule has 17 heteroatoms. The molecule has 0 saturated heterocycles. The third-order valence-electron chi connectivity index (χ3n) is 5.15. The van der Waals surface area contributed by atoms with Crippen molar-refractivity contribution in [2.24, 2.45) is 50.3 Å². The van der Waals surface area contributed by atoms with Gasteiger partial charge in [-0.3, -0.25) is 29.2 Å². The van der Waals surface area contributed by atoms with Crippen LogP contribution < -0.4 is 50.4 Å². The summed E-state index contributed by atoms with van der Waals surface area (Å²) in [6, 6.07) is -4.96. The number of carboxylic acids is 1. The molecule has 0 aromatic heterocycles. The number of nitrogens with zero attached hydrogens (tertiary/aromatic N) is 2. The van der Waals surface area contributed by atoms with Gasteiger partial charge in [-0.15, -0.1) is 0 Å². The van der Waals surface area contributed by atoms with Crippen molar-refractivity contribution >= 4 is 41.5 Å². The molecule has 17 nitrogen and oxygen atoms in total. The van der Waals surface area contributed by atoms with E-state index in [1.54, 1.807) is 13.8 Å². The molecule has 0 aliphatic carbocycles. The van der Waals surface area contributed by atoms with Crippen LogP contribution in [0.25, 0.3) is 0 Å². The molecule has 0 aromatic rings. The van der Waals surface area contributed by atoms with Crippen LogP contribution in [0.1, 0.15) is 46.0 Å². The lowest BCUT2D eigenvalue weighted by atomic mass is 10.0. The van der Waals surface area contributed by atoms with E-state index in [-0.39, 0.29) is 44.3 Å². The molecule has 0 spiro atoms. The van der Waals surface area contributed by atoms with Crippen molar-refractivity contribution in [1.82, 2.24) is 16.0 Å². The number of carboxylic acid groups (broad SMARTS) is 1. The Hall–Kier alpha value is -4.15. The SMILES string of the molecule is CC(C)C(NC(=O)C(CC(N)=O)NC(=O)C(CCCN=C(N)N)NC(=O)C(N)CCCN=C(N)N)C(=O)O. The highest BCUT2D eigenvalue weighted by molar-refractivity contribution is 5.96. The number of carbonyl (C=O) groups excluding carboxylic acids is 4. The smallest absolute Gasteiger partial charge is 0.326 e. The molecule has 0 fully saturated rings. The van der Waals surface area contributed by atoms with Gasteiger partial charge in [-0.25, -0.2) is 4.79 Å². The van der Waals surface area contributed by atoms with Crippen molar-refractivity contribution in [2.45, 2.75) is 70.1 Å². The molecule has 0 aliphatic rings. The first kappa shape index (κ1) is 33.8. The lowest BCUT2D eigenvalue weighted by molar-refractivity contribution is -0.143. The average molecular weight is 544 g/mol. The van der Waals surface area contributed by atoms with E-state index in [4.69, 9.17) is 34.4 Å². The van der Waals surface area contributed by atoms with Gasteiger partial charge in [0.2, 0.25) is 23.6 Å². The van der Waals surface area contributed by atoms with E-state index in [1.165, 1.54) is 0 Å². The molecule has 0 heterocycles. The van der Waals surface area contributed by atoms with E-state index in [1.807, 2.05) is 0 Å². The van der Waals surface area contributed by atoms with Crippen LogP contribution in [0, 0.1) is 5.92 Å². The van der Waals surface area contributed by atoms with E-state index in [0.29, 0.717) is 6.42 Å². The van der Waals surface area contributed by atoms with Crippen LogP contribution in [0.5, 0.6) is 0 Å². The van der Waals surface area contributed by atoms with Gasteiger partial charge < -0.3 is 55.5 Å². The van der Waals surface area contributed by atoms with Crippen molar-refractivity contribution in [3.8, 4) is 0 Å². The van der Waals surface area contributed by atoms with Gasteiger partial charge in [0.15, 0.2) is 11.9 Å². The molecule has 4 unspecified atom stereocenters. The minimum atomic E-state index is -1.49. The standard InChI is InChI=1S/C21H41N11O6/c1-10(2)15(19(37)38)32-18(36)13(9-14(23)33)31-17(35)12(6-4-8-29-21(26)27)30-16(34)11(22)5-3-7-28-20(24)25/h10-13,15H,3-9,22H2,1-2H3,(H2,23,33)(H,30,34)(H,31,35)(H,32,36)(H,37,38)(H4,24,25,28)(H4,26,27,29). The second kappa shape index (κ2) is 17.3. The number of hydrogen-bond donors (Lipinski definition) is 10. The van der Waals surface area contributed by atoms with Crippen molar-refractivity contribution in [3.05, 3.63) is 0 Å². The van der Waals surface area contributed by atoms with Crippen LogP contribution in [0.3, 0.4) is 0 Å². The number of amides is 4. The Morgan fingerprint density at radius 1 is 0.737 bits per heavy atom. The molecule has 0 saturated carbocycles. The van der Waals surface area contributed by atoms with Crippen LogP contribution in [0.15, 0.2) is 9.98 Å². The molecular formula is C21H41N11O6. The zero-order valence-corrected chi connectivity index (χ0v) is 21.7. The molecule has 0 bridgehead atoms. The molecule has 4 atom stereocenters. The molecule has 4 amide bonds. The maximum atomic E-state index is 13.1. The summed E-state index contributed by atoms with van der Waals surface area (Å²) in [4.78, 5) is 69.1. The number of guanidine groups is 2. The van der Waals surface area contributed by atoms with E-state index in [0.717, 1.165) is 0 Å². The predicted molar refractivity (Wildman–Crippen MR) is 140 cm³/mol. The van der Waals surface area contributed by atoms with E-state index >= 15 is 0 Å². The normalized spacial score (nSPS) is 13.8. The van der Waals surface area contributed by atoms with E-state index in [2.05, 4.69) is 25.9 Å². The van der Waals surface area contributed by atoms with Crippen LogP contribution in [0.2, 0.25) is 0 Å². The predicted octanol–water partition coefficient (Wildman–Crippen LogP) is -4.51. The Kier molecular flexibility index (Phi) is 15.4. The monoisotopic (exact) mass is 543 g/mol. The summed E-state index contributed by atoms with van der Waals surface area (Å²) in [6.07, 6.45) is 0.306. The fourth-order valence-corrected chi connectivity index (χ4v) is 3.15. The van der Waals surface area contributed by atoms with E-state index in [9.17, 15) is 29.1 Å². The number of rotatable bonds is 18. The molecule has 0 radical (unpaired) electrons. The molecule has 0 rings (SSSR count). The number of primary amides is 1. The summed E-state index contributed by atoms with van der Waals surface area (Å²) in [6.45, 7) is 3.54. The minimum absolute atomic E-state index is 0.0454. The Morgan fingerprint density at radius 2 is 1.21 bits per heavy atom. The van der Waals surface area contributed by atoms with Gasteiger partial charge in [-0.05, 0) is 31.6 Å². The fraction of sp³-hybridized carbons (Fsp3) is 0.667. The molecule has 38 heavy (non-hydrogen) atoms. The second-order valence-electron chi connectivity index (χ2n) is 8.87. The van der Waals surface area contributed by atoms with Crippen molar-refractivity contribution in [2.75, 3.05) is 13.1 Å². The Balaban J connectivity index is 5.58. The highest BCUT2D eigenvalue weighted by Gasteiger charge is 2.32. The number of hydrogen-bond acceptors (Lipinski definition) is 8. The Bertz CT molecular complexity index is 885. The first-order valence-corrected chi connectivity index (χ1v) is 11.9. The van der Waals surface area contributed by atoms with Crippen molar-refractivity contribution in [1.29, 1.82) is 0 Å². The number of aliphatic carboxylic acids is 1. The number of nitrogens with two attached hydrogens (primary N) is 6. The largest absolute Gasteiger partial charge is 0.480 e. The zero-order valence-electron chi connectivity index (χ0n) is 21.7. The van der Waals surface area contributed by atoms with Crippen molar-refractivity contribution in [3.63, 3.8) is 0 Å².